The summed E-state index contributed by atoms with van der Waals surface area (Å²) < 4.78 is 0. The van der Waals surface area contributed by atoms with Crippen molar-refractivity contribution >= 4 is 0 Å². The monoisotopic (exact) mass is 208 g/mol. The molecule has 0 bridgehead atoms. The molecule has 0 unspecified atom stereocenters. The molecule has 0 spiro atoms. The highest BCUT2D eigenvalue weighted by Gasteiger charge is 1.97. The van der Waals surface area contributed by atoms with Gasteiger partial charge in [0, 0.05) is 12.5 Å². The Morgan fingerprint density at radius 1 is 1.27 bits per heavy atom. The molecule has 86 valence electrons. The minimum atomic E-state index is 0.163. The zero-order valence-electron chi connectivity index (χ0n) is 9.91. The average Bonchev–Trinajstić information content (AvgIpc) is 2.25. The van der Waals surface area contributed by atoms with Crippen LogP contribution in [0, 0.1) is 11.3 Å². The van der Waals surface area contributed by atoms with Gasteiger partial charge in [-0.3, -0.25) is 0 Å². The van der Waals surface area contributed by atoms with Crippen LogP contribution in [0.2, 0.25) is 0 Å². The number of nitriles is 1. The van der Waals surface area contributed by atoms with Crippen LogP contribution in [-0.4, -0.2) is 6.04 Å². The highest BCUT2D eigenvalue weighted by atomic mass is 14.6. The topological polar surface area (TPSA) is 49.8 Å². The standard InChI is InChI=1S/C13H24N2/c1-2-3-4-5-6-7-8-10-13(15)11-9-12-14/h7-8,13H,2-6,9-11,15H2,1H3/b8-7-/t13-/m1/s1. The summed E-state index contributed by atoms with van der Waals surface area (Å²) in [5.41, 5.74) is 5.82. The Bertz CT molecular complexity index is 191. The summed E-state index contributed by atoms with van der Waals surface area (Å²) in [7, 11) is 0. The summed E-state index contributed by atoms with van der Waals surface area (Å²) in [6, 6.07) is 2.28. The van der Waals surface area contributed by atoms with Crippen LogP contribution >= 0.6 is 0 Å². The lowest BCUT2D eigenvalue weighted by atomic mass is 10.1. The lowest BCUT2D eigenvalue weighted by molar-refractivity contribution is 0.629. The Morgan fingerprint density at radius 3 is 2.73 bits per heavy atom. The number of unbranched alkanes of at least 4 members (excludes halogenated alkanes) is 4. The Hall–Kier alpha value is -0.810. The van der Waals surface area contributed by atoms with Crippen molar-refractivity contribution in [2.24, 2.45) is 5.73 Å². The molecule has 0 aliphatic rings. The molecule has 0 fully saturated rings. The second-order valence-electron chi connectivity index (χ2n) is 4.01. The van der Waals surface area contributed by atoms with E-state index in [0.717, 1.165) is 12.8 Å². The molecule has 0 saturated carbocycles. The maximum Gasteiger partial charge on any atom is 0.0622 e. The molecule has 0 heterocycles. The fourth-order valence-corrected chi connectivity index (χ4v) is 1.45. The molecular weight excluding hydrogens is 184 g/mol. The van der Waals surface area contributed by atoms with Crippen LogP contribution in [0.3, 0.4) is 0 Å². The van der Waals surface area contributed by atoms with E-state index in [2.05, 4.69) is 25.1 Å². The summed E-state index contributed by atoms with van der Waals surface area (Å²) in [6.07, 6.45) is 13.1. The highest BCUT2D eigenvalue weighted by Crippen LogP contribution is 2.04. The van der Waals surface area contributed by atoms with Crippen LogP contribution in [0.4, 0.5) is 0 Å². The maximum atomic E-state index is 8.38. The molecule has 2 nitrogen and oxygen atoms in total. The fourth-order valence-electron chi connectivity index (χ4n) is 1.45. The fraction of sp³-hybridized carbons (Fsp3) is 0.769. The van der Waals surface area contributed by atoms with Crippen LogP contribution in [0.15, 0.2) is 12.2 Å². The first-order valence-electron chi connectivity index (χ1n) is 6.08. The normalized spacial score (nSPS) is 12.9. The lowest BCUT2D eigenvalue weighted by Crippen LogP contribution is -2.18. The average molecular weight is 208 g/mol. The van der Waals surface area contributed by atoms with E-state index in [9.17, 15) is 0 Å². The summed E-state index contributed by atoms with van der Waals surface area (Å²) >= 11 is 0. The van der Waals surface area contributed by atoms with Crippen LogP contribution in [-0.2, 0) is 0 Å². The molecule has 0 aromatic carbocycles. The number of nitrogens with two attached hydrogens (primary N) is 1. The summed E-state index contributed by atoms with van der Waals surface area (Å²) in [6.45, 7) is 2.23. The summed E-state index contributed by atoms with van der Waals surface area (Å²) in [4.78, 5) is 0. The quantitative estimate of drug-likeness (QED) is 0.465. The summed E-state index contributed by atoms with van der Waals surface area (Å²) in [5.74, 6) is 0. The molecule has 2 heteroatoms. The Kier molecular flexibility index (Phi) is 10.7. The first kappa shape index (κ1) is 14.2. The molecule has 0 radical (unpaired) electrons. The molecular formula is C13H24N2. The van der Waals surface area contributed by atoms with Crippen LogP contribution in [0.5, 0.6) is 0 Å². The highest BCUT2D eigenvalue weighted by molar-refractivity contribution is 4.86. The van der Waals surface area contributed by atoms with Gasteiger partial charge in [0.2, 0.25) is 0 Å². The second-order valence-corrected chi connectivity index (χ2v) is 4.01. The third-order valence-electron chi connectivity index (χ3n) is 2.46. The van der Waals surface area contributed by atoms with E-state index >= 15 is 0 Å². The van der Waals surface area contributed by atoms with E-state index < -0.39 is 0 Å². The van der Waals surface area contributed by atoms with Gasteiger partial charge in [0.25, 0.3) is 0 Å². The number of nitrogens with zero attached hydrogens (tertiary/aromatic N) is 1. The Labute approximate surface area is 94.2 Å². The van der Waals surface area contributed by atoms with Gasteiger partial charge in [0.15, 0.2) is 0 Å². The van der Waals surface area contributed by atoms with Gasteiger partial charge in [-0.05, 0) is 25.7 Å². The Balaban J connectivity index is 3.26. The first-order chi connectivity index (χ1) is 7.31. The second kappa shape index (κ2) is 11.3. The maximum absolute atomic E-state index is 8.38. The smallest absolute Gasteiger partial charge is 0.0622 e. The number of allylic oxidation sites excluding steroid dienone is 1. The van der Waals surface area contributed by atoms with Gasteiger partial charge >= 0.3 is 0 Å². The van der Waals surface area contributed by atoms with Crippen molar-refractivity contribution in [2.45, 2.75) is 64.3 Å². The molecule has 0 aromatic heterocycles. The zero-order valence-corrected chi connectivity index (χ0v) is 9.91. The predicted octanol–water partition coefficient (Wildman–Crippen LogP) is 3.53. The minimum absolute atomic E-state index is 0.163. The third kappa shape index (κ3) is 11.1. The zero-order chi connectivity index (χ0) is 11.4. The van der Waals surface area contributed by atoms with Crippen molar-refractivity contribution in [3.8, 4) is 6.07 Å². The summed E-state index contributed by atoms with van der Waals surface area (Å²) in [5, 5.41) is 8.38. The largest absolute Gasteiger partial charge is 0.327 e. The van der Waals surface area contributed by atoms with Crippen molar-refractivity contribution in [1.29, 1.82) is 5.26 Å². The molecule has 1 atom stereocenters. The van der Waals surface area contributed by atoms with Gasteiger partial charge < -0.3 is 5.73 Å². The number of rotatable bonds is 9. The molecule has 0 aliphatic carbocycles. The number of hydrogen-bond acceptors (Lipinski definition) is 2. The van der Waals surface area contributed by atoms with Crippen molar-refractivity contribution < 1.29 is 0 Å². The third-order valence-corrected chi connectivity index (χ3v) is 2.46. The molecule has 0 aromatic rings. The van der Waals surface area contributed by atoms with Crippen molar-refractivity contribution in [2.75, 3.05) is 0 Å². The van der Waals surface area contributed by atoms with Gasteiger partial charge in [0.05, 0.1) is 6.07 Å². The number of hydrogen-bond donors (Lipinski definition) is 1. The van der Waals surface area contributed by atoms with Crippen molar-refractivity contribution in [3.05, 3.63) is 12.2 Å². The molecule has 0 rings (SSSR count). The molecule has 15 heavy (non-hydrogen) atoms. The molecule has 0 amide bonds. The molecule has 0 aliphatic heterocycles. The Morgan fingerprint density at radius 2 is 2.07 bits per heavy atom. The van der Waals surface area contributed by atoms with Crippen LogP contribution < -0.4 is 5.73 Å². The lowest BCUT2D eigenvalue weighted by Gasteiger charge is -2.04. The van der Waals surface area contributed by atoms with Gasteiger partial charge in [-0.25, -0.2) is 0 Å². The van der Waals surface area contributed by atoms with E-state index in [4.69, 9.17) is 11.0 Å². The SMILES string of the molecule is CCCCCC/C=C\C[C@@H](N)CCC#N. The minimum Gasteiger partial charge on any atom is -0.327 e. The predicted molar refractivity (Wildman–Crippen MR) is 65.3 cm³/mol. The van der Waals surface area contributed by atoms with Gasteiger partial charge in [-0.1, -0.05) is 38.3 Å². The van der Waals surface area contributed by atoms with Gasteiger partial charge in [-0.15, -0.1) is 0 Å². The van der Waals surface area contributed by atoms with Crippen LogP contribution in [0.25, 0.3) is 0 Å². The van der Waals surface area contributed by atoms with E-state index in [-0.39, 0.29) is 6.04 Å². The van der Waals surface area contributed by atoms with Crippen LogP contribution in [0.1, 0.15) is 58.3 Å². The molecule has 2 N–H and O–H groups in total. The van der Waals surface area contributed by atoms with Gasteiger partial charge in [0.1, 0.15) is 0 Å². The molecule has 0 saturated heterocycles. The van der Waals surface area contributed by atoms with E-state index in [1.54, 1.807) is 0 Å². The van der Waals surface area contributed by atoms with E-state index in [1.807, 2.05) is 0 Å². The first-order valence-corrected chi connectivity index (χ1v) is 6.08. The van der Waals surface area contributed by atoms with Crippen molar-refractivity contribution in [1.82, 2.24) is 0 Å². The van der Waals surface area contributed by atoms with E-state index in [0.29, 0.717) is 6.42 Å². The van der Waals surface area contributed by atoms with E-state index in [1.165, 1.54) is 32.1 Å². The van der Waals surface area contributed by atoms with Gasteiger partial charge in [-0.2, -0.15) is 5.26 Å². The van der Waals surface area contributed by atoms with Crippen molar-refractivity contribution in [3.63, 3.8) is 0 Å².